The van der Waals surface area contributed by atoms with Gasteiger partial charge in [-0.15, -0.1) is 0 Å². The van der Waals surface area contributed by atoms with Crippen LogP contribution < -0.4 is 10.1 Å². The van der Waals surface area contributed by atoms with E-state index in [0.717, 1.165) is 25.3 Å². The van der Waals surface area contributed by atoms with Crippen molar-refractivity contribution in [3.8, 4) is 5.75 Å². The van der Waals surface area contributed by atoms with Crippen LogP contribution in [0.15, 0.2) is 24.3 Å². The van der Waals surface area contributed by atoms with E-state index in [0.29, 0.717) is 12.0 Å². The van der Waals surface area contributed by atoms with Gasteiger partial charge in [0.05, 0.1) is 6.61 Å². The van der Waals surface area contributed by atoms with Crippen LogP contribution in [0.2, 0.25) is 0 Å². The van der Waals surface area contributed by atoms with Crippen molar-refractivity contribution in [2.24, 2.45) is 5.92 Å². The summed E-state index contributed by atoms with van der Waals surface area (Å²) in [6, 6.07) is 8.97. The molecule has 108 valence electrons. The molecule has 0 saturated heterocycles. The zero-order chi connectivity index (χ0) is 14.1. The molecule has 0 aromatic heterocycles. The number of hydrogen-bond acceptors (Lipinski definition) is 2. The van der Waals surface area contributed by atoms with Crippen molar-refractivity contribution in [2.75, 3.05) is 13.2 Å². The molecule has 0 heterocycles. The van der Waals surface area contributed by atoms with Crippen molar-refractivity contribution in [1.82, 2.24) is 5.32 Å². The van der Waals surface area contributed by atoms with E-state index in [1.165, 1.54) is 18.4 Å². The molecule has 0 bridgehead atoms. The number of nitrogens with one attached hydrogen (secondary N) is 1. The molecule has 0 aliphatic rings. The molecular weight excluding hydrogens is 234 g/mol. The monoisotopic (exact) mass is 263 g/mol. The second-order valence-corrected chi connectivity index (χ2v) is 5.22. The van der Waals surface area contributed by atoms with Crippen LogP contribution in [-0.4, -0.2) is 13.2 Å². The molecule has 1 aromatic rings. The third-order valence-corrected chi connectivity index (χ3v) is 3.43. The molecule has 0 aliphatic carbocycles. The zero-order valence-electron chi connectivity index (χ0n) is 12.9. The summed E-state index contributed by atoms with van der Waals surface area (Å²) in [6.07, 6.45) is 3.53. The van der Waals surface area contributed by atoms with Crippen molar-refractivity contribution in [1.29, 1.82) is 0 Å². The largest absolute Gasteiger partial charge is 0.494 e. The van der Waals surface area contributed by atoms with Crippen LogP contribution >= 0.6 is 0 Å². The maximum Gasteiger partial charge on any atom is 0.119 e. The van der Waals surface area contributed by atoms with Gasteiger partial charge in [-0.25, -0.2) is 0 Å². The Morgan fingerprint density at radius 3 is 2.58 bits per heavy atom. The lowest BCUT2D eigenvalue weighted by Crippen LogP contribution is -2.26. The summed E-state index contributed by atoms with van der Waals surface area (Å²) in [7, 11) is 0. The number of rotatable bonds is 9. The standard InChI is InChI=1S/C17H29NO/c1-5-9-14(4)17(18-7-3)15-10-8-11-16(13-15)19-12-6-2/h8,10-11,13-14,17-18H,5-7,9,12H2,1-4H3. The molecule has 0 spiro atoms. The van der Waals surface area contributed by atoms with Crippen molar-refractivity contribution in [3.63, 3.8) is 0 Å². The highest BCUT2D eigenvalue weighted by molar-refractivity contribution is 5.31. The quantitative estimate of drug-likeness (QED) is 0.705. The minimum absolute atomic E-state index is 0.426. The Kier molecular flexibility index (Phi) is 7.57. The van der Waals surface area contributed by atoms with E-state index < -0.39 is 0 Å². The van der Waals surface area contributed by atoms with E-state index in [1.807, 2.05) is 6.07 Å². The Hall–Kier alpha value is -1.02. The zero-order valence-corrected chi connectivity index (χ0v) is 12.9. The minimum atomic E-state index is 0.426. The van der Waals surface area contributed by atoms with E-state index >= 15 is 0 Å². The molecule has 19 heavy (non-hydrogen) atoms. The van der Waals surface area contributed by atoms with Crippen molar-refractivity contribution in [2.45, 2.75) is 53.0 Å². The summed E-state index contributed by atoms with van der Waals surface area (Å²) in [5.74, 6) is 1.64. The van der Waals surface area contributed by atoms with E-state index in [9.17, 15) is 0 Å². The van der Waals surface area contributed by atoms with E-state index in [-0.39, 0.29) is 0 Å². The Bertz CT molecular complexity index is 351. The summed E-state index contributed by atoms with van der Waals surface area (Å²) in [6.45, 7) is 10.7. The Labute approximate surface area is 118 Å². The lowest BCUT2D eigenvalue weighted by molar-refractivity contribution is 0.315. The van der Waals surface area contributed by atoms with Gasteiger partial charge in [-0.1, -0.05) is 46.2 Å². The summed E-state index contributed by atoms with van der Waals surface area (Å²) in [4.78, 5) is 0. The van der Waals surface area contributed by atoms with Gasteiger partial charge in [-0.3, -0.25) is 0 Å². The van der Waals surface area contributed by atoms with Gasteiger partial charge in [0.25, 0.3) is 0 Å². The first-order valence-electron chi connectivity index (χ1n) is 7.69. The molecule has 0 aliphatic heterocycles. The maximum absolute atomic E-state index is 5.74. The van der Waals surface area contributed by atoms with Gasteiger partial charge in [-0.05, 0) is 43.0 Å². The van der Waals surface area contributed by atoms with Crippen molar-refractivity contribution < 1.29 is 4.74 Å². The van der Waals surface area contributed by atoms with Gasteiger partial charge in [0, 0.05) is 6.04 Å². The average molecular weight is 263 g/mol. The van der Waals surface area contributed by atoms with Crippen molar-refractivity contribution in [3.05, 3.63) is 29.8 Å². The molecule has 2 atom stereocenters. The Balaban J connectivity index is 2.82. The van der Waals surface area contributed by atoms with Crippen LogP contribution in [0.1, 0.15) is 58.6 Å². The van der Waals surface area contributed by atoms with Crippen LogP contribution in [0.5, 0.6) is 5.75 Å². The van der Waals surface area contributed by atoms with E-state index in [4.69, 9.17) is 4.74 Å². The molecular formula is C17H29NO. The average Bonchev–Trinajstić information content (AvgIpc) is 2.43. The topological polar surface area (TPSA) is 21.3 Å². The van der Waals surface area contributed by atoms with Crippen molar-refractivity contribution >= 4 is 0 Å². The molecule has 1 aromatic carbocycles. The van der Waals surface area contributed by atoms with E-state index in [1.54, 1.807) is 0 Å². The van der Waals surface area contributed by atoms with Crippen LogP contribution in [0.4, 0.5) is 0 Å². The number of hydrogen-bond donors (Lipinski definition) is 1. The summed E-state index contributed by atoms with van der Waals surface area (Å²) < 4.78 is 5.74. The Morgan fingerprint density at radius 1 is 1.16 bits per heavy atom. The van der Waals surface area contributed by atoms with Gasteiger partial charge >= 0.3 is 0 Å². The first-order valence-corrected chi connectivity index (χ1v) is 7.69. The van der Waals surface area contributed by atoms with Gasteiger partial charge in [0.15, 0.2) is 0 Å². The second kappa shape index (κ2) is 8.98. The summed E-state index contributed by atoms with van der Waals surface area (Å²) in [5.41, 5.74) is 1.34. The highest BCUT2D eigenvalue weighted by Gasteiger charge is 2.17. The second-order valence-electron chi connectivity index (χ2n) is 5.22. The molecule has 0 amide bonds. The normalized spacial score (nSPS) is 14.1. The molecule has 2 unspecified atom stereocenters. The van der Waals surface area contributed by atoms with E-state index in [2.05, 4.69) is 51.2 Å². The smallest absolute Gasteiger partial charge is 0.119 e. The summed E-state index contributed by atoms with van der Waals surface area (Å²) >= 11 is 0. The molecule has 1 N–H and O–H groups in total. The van der Waals surface area contributed by atoms with Gasteiger partial charge < -0.3 is 10.1 Å². The fraction of sp³-hybridized carbons (Fsp3) is 0.647. The van der Waals surface area contributed by atoms with Crippen LogP contribution in [-0.2, 0) is 0 Å². The minimum Gasteiger partial charge on any atom is -0.494 e. The lowest BCUT2D eigenvalue weighted by Gasteiger charge is -2.25. The Morgan fingerprint density at radius 2 is 1.95 bits per heavy atom. The predicted molar refractivity (Wildman–Crippen MR) is 82.7 cm³/mol. The molecule has 0 radical (unpaired) electrons. The predicted octanol–water partition coefficient (Wildman–Crippen LogP) is 4.56. The lowest BCUT2D eigenvalue weighted by atomic mass is 9.91. The highest BCUT2D eigenvalue weighted by atomic mass is 16.5. The maximum atomic E-state index is 5.74. The number of benzene rings is 1. The molecule has 2 nitrogen and oxygen atoms in total. The van der Waals surface area contributed by atoms with Crippen LogP contribution in [0.3, 0.4) is 0 Å². The fourth-order valence-corrected chi connectivity index (χ4v) is 2.51. The molecule has 0 fully saturated rings. The van der Waals surface area contributed by atoms with Crippen LogP contribution in [0.25, 0.3) is 0 Å². The molecule has 1 rings (SSSR count). The fourth-order valence-electron chi connectivity index (χ4n) is 2.51. The highest BCUT2D eigenvalue weighted by Crippen LogP contribution is 2.28. The van der Waals surface area contributed by atoms with Gasteiger partial charge in [0.1, 0.15) is 5.75 Å². The molecule has 0 saturated carbocycles. The number of ether oxygens (including phenoxy) is 1. The summed E-state index contributed by atoms with van der Waals surface area (Å²) in [5, 5.41) is 3.61. The van der Waals surface area contributed by atoms with Gasteiger partial charge in [0.2, 0.25) is 0 Å². The van der Waals surface area contributed by atoms with Gasteiger partial charge in [-0.2, -0.15) is 0 Å². The molecule has 2 heteroatoms. The third-order valence-electron chi connectivity index (χ3n) is 3.43. The SMILES string of the molecule is CCCOc1cccc(C(NCC)C(C)CCC)c1. The van der Waals surface area contributed by atoms with Crippen LogP contribution in [0, 0.1) is 5.92 Å². The first-order chi connectivity index (χ1) is 9.22. The third kappa shape index (κ3) is 5.23. The first kappa shape index (κ1) is 16.0.